The van der Waals surface area contributed by atoms with E-state index in [-0.39, 0.29) is 30.4 Å². The molecule has 3 aromatic carbocycles. The highest BCUT2D eigenvalue weighted by molar-refractivity contribution is 6.03. The number of benzene rings is 3. The topological polar surface area (TPSA) is 89.3 Å². The Labute approximate surface area is 254 Å². The van der Waals surface area contributed by atoms with Gasteiger partial charge in [-0.1, -0.05) is 97.6 Å². The van der Waals surface area contributed by atoms with Gasteiger partial charge in [0.2, 0.25) is 11.6 Å². The normalized spacial score (nSPS) is 15.0. The lowest BCUT2D eigenvalue weighted by atomic mass is 9.91. The van der Waals surface area contributed by atoms with E-state index in [9.17, 15) is 9.18 Å². The first-order valence-electron chi connectivity index (χ1n) is 14.4. The molecule has 44 heavy (non-hydrogen) atoms. The molecule has 0 radical (unpaired) electrons. The number of carbonyl (C=O) groups excluding carboxylic acids is 1. The van der Waals surface area contributed by atoms with Crippen LogP contribution in [0.5, 0.6) is 0 Å². The van der Waals surface area contributed by atoms with Gasteiger partial charge in [-0.25, -0.2) is 14.4 Å². The molecule has 0 saturated carbocycles. The number of nitrogens with zero attached hydrogens (tertiary/aromatic N) is 2. The van der Waals surface area contributed by atoms with E-state index in [4.69, 9.17) is 9.15 Å². The molecule has 1 amide bonds. The molecule has 1 aliphatic rings. The van der Waals surface area contributed by atoms with Gasteiger partial charge in [0.1, 0.15) is 23.7 Å². The van der Waals surface area contributed by atoms with Gasteiger partial charge < -0.3 is 19.8 Å². The lowest BCUT2D eigenvalue weighted by Crippen LogP contribution is -2.32. The fraction of sp³-hybridized carbons (Fsp3) is 0.139. The quantitative estimate of drug-likeness (QED) is 0.157. The second-order valence-corrected chi connectivity index (χ2v) is 10.4. The Bertz CT molecular complexity index is 1830. The number of hydrogen-bond donors (Lipinski definition) is 2. The highest BCUT2D eigenvalue weighted by atomic mass is 19.1. The van der Waals surface area contributed by atoms with Crippen molar-refractivity contribution in [3.05, 3.63) is 145 Å². The molecule has 1 unspecified atom stereocenters. The zero-order valence-corrected chi connectivity index (χ0v) is 23.9. The summed E-state index contributed by atoms with van der Waals surface area (Å²) in [5, 5.41) is 7.30. The van der Waals surface area contributed by atoms with Gasteiger partial charge >= 0.3 is 0 Å². The van der Waals surface area contributed by atoms with Crippen LogP contribution in [0.15, 0.2) is 127 Å². The zero-order valence-electron chi connectivity index (χ0n) is 23.9. The number of anilines is 1. The highest BCUT2D eigenvalue weighted by Crippen LogP contribution is 2.42. The molecule has 0 aliphatic heterocycles. The summed E-state index contributed by atoms with van der Waals surface area (Å²) < 4.78 is 26.3. The average Bonchev–Trinajstić information content (AvgIpc) is 3.46. The van der Waals surface area contributed by atoms with Gasteiger partial charge in [-0.3, -0.25) is 4.79 Å². The van der Waals surface area contributed by atoms with Crippen LogP contribution in [-0.4, -0.2) is 28.5 Å². The van der Waals surface area contributed by atoms with Crippen molar-refractivity contribution >= 4 is 28.4 Å². The lowest BCUT2D eigenvalue weighted by molar-refractivity contribution is -0.116. The second-order valence-electron chi connectivity index (χ2n) is 10.4. The van der Waals surface area contributed by atoms with Gasteiger partial charge in [0, 0.05) is 11.1 Å². The van der Waals surface area contributed by atoms with E-state index in [1.807, 2.05) is 85.0 Å². The summed E-state index contributed by atoms with van der Waals surface area (Å²) in [4.78, 5) is 21.3. The minimum absolute atomic E-state index is 0.219. The van der Waals surface area contributed by atoms with Crippen LogP contribution in [0.25, 0.3) is 28.0 Å². The summed E-state index contributed by atoms with van der Waals surface area (Å²) in [6, 6.07) is 25.7. The standard InChI is InChI=1S/C36H31FN4O3/c1-2-31(42)40-29-18-10-16-27(20-29)32-33-35(38-23-39-36(33)44-34(32)26-14-7-4-8-15-26)41-30(25-12-5-3-6-13-25)22-43-21-24-11-9-17-28(37)19-24/h2-19,23,29-30H,1,20-22H2,(H,40,42)(H,38,39,41)/t29?,30-/m1/s1. The van der Waals surface area contributed by atoms with E-state index in [0.717, 1.165) is 33.2 Å². The molecule has 220 valence electrons. The molecule has 2 atom stereocenters. The molecule has 2 aromatic heterocycles. The Balaban J connectivity index is 1.39. The van der Waals surface area contributed by atoms with Crippen LogP contribution < -0.4 is 10.6 Å². The third kappa shape index (κ3) is 6.50. The second kappa shape index (κ2) is 13.3. The first kappa shape index (κ1) is 28.8. The van der Waals surface area contributed by atoms with E-state index in [1.165, 1.54) is 24.5 Å². The summed E-state index contributed by atoms with van der Waals surface area (Å²) in [5.74, 6) is 0.710. The number of hydrogen-bond acceptors (Lipinski definition) is 6. The monoisotopic (exact) mass is 586 g/mol. The number of allylic oxidation sites excluding steroid dienone is 2. The number of nitrogens with one attached hydrogen (secondary N) is 2. The number of furan rings is 1. The summed E-state index contributed by atoms with van der Waals surface area (Å²) in [7, 11) is 0. The Hall–Kier alpha value is -5.34. The fourth-order valence-corrected chi connectivity index (χ4v) is 5.34. The Morgan fingerprint density at radius 2 is 1.86 bits per heavy atom. The Kier molecular flexibility index (Phi) is 8.70. The minimum atomic E-state index is -0.299. The van der Waals surface area contributed by atoms with Crippen molar-refractivity contribution in [1.82, 2.24) is 15.3 Å². The minimum Gasteiger partial charge on any atom is -0.437 e. The number of aromatic nitrogens is 2. The van der Waals surface area contributed by atoms with E-state index >= 15 is 0 Å². The average molecular weight is 587 g/mol. The number of halogens is 1. The highest BCUT2D eigenvalue weighted by Gasteiger charge is 2.27. The summed E-state index contributed by atoms with van der Waals surface area (Å²) in [6.07, 6.45) is 9.20. The van der Waals surface area contributed by atoms with Gasteiger partial charge in [-0.05, 0) is 41.3 Å². The molecule has 0 saturated heterocycles. The predicted molar refractivity (Wildman–Crippen MR) is 170 cm³/mol. The van der Waals surface area contributed by atoms with Crippen LogP contribution in [-0.2, 0) is 16.1 Å². The number of amides is 1. The summed E-state index contributed by atoms with van der Waals surface area (Å²) in [6.45, 7) is 4.13. The van der Waals surface area contributed by atoms with Crippen molar-refractivity contribution in [2.75, 3.05) is 11.9 Å². The van der Waals surface area contributed by atoms with Gasteiger partial charge in [0.15, 0.2) is 0 Å². The molecule has 0 spiro atoms. The Morgan fingerprint density at radius 3 is 2.64 bits per heavy atom. The van der Waals surface area contributed by atoms with Crippen molar-refractivity contribution in [3.8, 4) is 11.3 Å². The maximum Gasteiger partial charge on any atom is 0.243 e. The lowest BCUT2D eigenvalue weighted by Gasteiger charge is -2.22. The van der Waals surface area contributed by atoms with Crippen LogP contribution in [0.1, 0.15) is 29.2 Å². The third-order valence-electron chi connectivity index (χ3n) is 7.39. The van der Waals surface area contributed by atoms with Crippen LogP contribution in [0.4, 0.5) is 10.2 Å². The SMILES string of the molecule is C=CC(=O)NC1C=CC=C(c2c(-c3ccccc3)oc3ncnc(N[C@H](COCc4cccc(F)c4)c4ccccc4)c23)C1. The van der Waals surface area contributed by atoms with Crippen LogP contribution in [0, 0.1) is 5.82 Å². The van der Waals surface area contributed by atoms with Gasteiger partial charge in [0.25, 0.3) is 0 Å². The largest absolute Gasteiger partial charge is 0.437 e. The number of rotatable bonds is 11. The van der Waals surface area contributed by atoms with E-state index in [2.05, 4.69) is 27.2 Å². The molecule has 0 bridgehead atoms. The summed E-state index contributed by atoms with van der Waals surface area (Å²) >= 11 is 0. The molecular weight excluding hydrogens is 555 g/mol. The molecule has 6 rings (SSSR count). The molecule has 5 aromatic rings. The first-order chi connectivity index (χ1) is 21.6. The maximum atomic E-state index is 13.7. The van der Waals surface area contributed by atoms with E-state index in [0.29, 0.717) is 30.3 Å². The zero-order chi connectivity index (χ0) is 30.3. The molecule has 1 aliphatic carbocycles. The van der Waals surface area contributed by atoms with E-state index < -0.39 is 0 Å². The molecule has 0 fully saturated rings. The molecule has 2 N–H and O–H groups in total. The van der Waals surface area contributed by atoms with Crippen molar-refractivity contribution in [1.29, 1.82) is 0 Å². The maximum absolute atomic E-state index is 13.7. The van der Waals surface area contributed by atoms with Crippen molar-refractivity contribution in [3.63, 3.8) is 0 Å². The van der Waals surface area contributed by atoms with E-state index in [1.54, 1.807) is 6.07 Å². The fourth-order valence-electron chi connectivity index (χ4n) is 5.34. The van der Waals surface area contributed by atoms with Crippen molar-refractivity contribution in [2.24, 2.45) is 0 Å². The van der Waals surface area contributed by atoms with Gasteiger partial charge in [-0.2, -0.15) is 0 Å². The van der Waals surface area contributed by atoms with Crippen LogP contribution in [0.2, 0.25) is 0 Å². The molecule has 8 heteroatoms. The number of carbonyl (C=O) groups is 1. The van der Waals surface area contributed by atoms with Crippen LogP contribution >= 0.6 is 0 Å². The van der Waals surface area contributed by atoms with Crippen LogP contribution in [0.3, 0.4) is 0 Å². The molecule has 2 heterocycles. The van der Waals surface area contributed by atoms with Crippen molar-refractivity contribution < 1.29 is 18.3 Å². The molecular formula is C36H31FN4O3. The first-order valence-corrected chi connectivity index (χ1v) is 14.4. The molecule has 7 nitrogen and oxygen atoms in total. The Morgan fingerprint density at radius 1 is 1.07 bits per heavy atom. The van der Waals surface area contributed by atoms with Gasteiger partial charge in [0.05, 0.1) is 30.7 Å². The van der Waals surface area contributed by atoms with Crippen molar-refractivity contribution in [2.45, 2.75) is 25.1 Å². The predicted octanol–water partition coefficient (Wildman–Crippen LogP) is 7.41. The number of fused-ring (bicyclic) bond motifs is 1. The van der Waals surface area contributed by atoms with Gasteiger partial charge in [-0.15, -0.1) is 0 Å². The summed E-state index contributed by atoms with van der Waals surface area (Å²) in [5.41, 5.74) is 4.90. The smallest absolute Gasteiger partial charge is 0.243 e. The third-order valence-corrected chi connectivity index (χ3v) is 7.39. The number of ether oxygens (including phenoxy) is 1.